The second kappa shape index (κ2) is 7.14. The Morgan fingerprint density at radius 2 is 2.19 bits per heavy atom. The van der Waals surface area contributed by atoms with Crippen molar-refractivity contribution in [3.05, 3.63) is 47.3 Å². The van der Waals surface area contributed by atoms with Gasteiger partial charge in [-0.3, -0.25) is 4.98 Å². The van der Waals surface area contributed by atoms with Crippen molar-refractivity contribution in [2.75, 3.05) is 12.4 Å². The third kappa shape index (κ3) is 3.62. The predicted molar refractivity (Wildman–Crippen MR) is 98.8 cm³/mol. The Morgan fingerprint density at radius 3 is 2.88 bits per heavy atom. The lowest BCUT2D eigenvalue weighted by molar-refractivity contribution is 0.0884. The second-order valence-corrected chi connectivity index (χ2v) is 8.24. The standard InChI is InChI=1S/C18H21N3O4S/c1-3-26(23,24)21-17-10-25-9-16-14(7-20-8-15(16)17)12-4-5-18(22)13(6-12)11(2)19/h4-8,17,19,21-22H,3,9-10H2,1-2H3. The summed E-state index contributed by atoms with van der Waals surface area (Å²) < 4.78 is 32.2. The van der Waals surface area contributed by atoms with Gasteiger partial charge in [-0.05, 0) is 42.7 Å². The number of nitrogens with zero attached hydrogens (tertiary/aromatic N) is 1. The molecular formula is C18H21N3O4S. The molecule has 3 rings (SSSR count). The van der Waals surface area contributed by atoms with Crippen LogP contribution in [0, 0.1) is 5.41 Å². The van der Waals surface area contributed by atoms with Crippen LogP contribution < -0.4 is 4.72 Å². The van der Waals surface area contributed by atoms with Crippen molar-refractivity contribution in [3.8, 4) is 16.9 Å². The Hall–Kier alpha value is -2.29. The summed E-state index contributed by atoms with van der Waals surface area (Å²) in [5.41, 5.74) is 3.93. The van der Waals surface area contributed by atoms with Crippen molar-refractivity contribution >= 4 is 15.7 Å². The highest BCUT2D eigenvalue weighted by Crippen LogP contribution is 2.34. The van der Waals surface area contributed by atoms with E-state index in [-0.39, 0.29) is 23.8 Å². The molecule has 0 saturated carbocycles. The van der Waals surface area contributed by atoms with Crippen LogP contribution in [0.2, 0.25) is 0 Å². The van der Waals surface area contributed by atoms with Gasteiger partial charge in [-0.2, -0.15) is 0 Å². The quantitative estimate of drug-likeness (QED) is 0.695. The lowest BCUT2D eigenvalue weighted by atomic mass is 9.92. The number of fused-ring (bicyclic) bond motifs is 1. The molecule has 3 N–H and O–H groups in total. The number of hydrogen-bond donors (Lipinski definition) is 3. The molecule has 0 saturated heterocycles. The average Bonchev–Trinajstić information content (AvgIpc) is 2.61. The Balaban J connectivity index is 2.07. The molecule has 26 heavy (non-hydrogen) atoms. The summed E-state index contributed by atoms with van der Waals surface area (Å²) in [5, 5.41) is 17.7. The fraction of sp³-hybridized carbons (Fsp3) is 0.333. The topological polar surface area (TPSA) is 112 Å². The van der Waals surface area contributed by atoms with Gasteiger partial charge in [0.05, 0.1) is 25.0 Å². The minimum Gasteiger partial charge on any atom is -0.507 e. The summed E-state index contributed by atoms with van der Waals surface area (Å²) in [6, 6.07) is 4.54. The maximum atomic E-state index is 12.0. The monoisotopic (exact) mass is 375 g/mol. The van der Waals surface area contributed by atoms with E-state index in [4.69, 9.17) is 10.1 Å². The molecule has 0 radical (unpaired) electrons. The van der Waals surface area contributed by atoms with Gasteiger partial charge in [0.15, 0.2) is 0 Å². The molecule has 138 valence electrons. The van der Waals surface area contributed by atoms with E-state index in [1.807, 2.05) is 0 Å². The van der Waals surface area contributed by atoms with Crippen molar-refractivity contribution in [2.45, 2.75) is 26.5 Å². The summed E-state index contributed by atoms with van der Waals surface area (Å²) in [6.45, 7) is 3.78. The number of sulfonamides is 1. The largest absolute Gasteiger partial charge is 0.507 e. The van der Waals surface area contributed by atoms with E-state index in [2.05, 4.69) is 9.71 Å². The normalized spacial score (nSPS) is 16.9. The summed E-state index contributed by atoms with van der Waals surface area (Å²) in [5.74, 6) is 0.0372. The Labute approximate surface area is 152 Å². The van der Waals surface area contributed by atoms with Gasteiger partial charge in [-0.15, -0.1) is 0 Å². The van der Waals surface area contributed by atoms with Gasteiger partial charge in [0.25, 0.3) is 0 Å². The van der Waals surface area contributed by atoms with Crippen molar-refractivity contribution in [3.63, 3.8) is 0 Å². The minimum atomic E-state index is -3.38. The van der Waals surface area contributed by atoms with E-state index in [0.717, 1.165) is 22.3 Å². The highest BCUT2D eigenvalue weighted by atomic mass is 32.2. The molecule has 0 aliphatic carbocycles. The number of benzene rings is 1. The predicted octanol–water partition coefficient (Wildman–Crippen LogP) is 2.35. The van der Waals surface area contributed by atoms with Gasteiger partial charge in [0.2, 0.25) is 10.0 Å². The Morgan fingerprint density at radius 1 is 1.42 bits per heavy atom. The number of ether oxygens (including phenoxy) is 1. The summed E-state index contributed by atoms with van der Waals surface area (Å²) in [7, 11) is -3.38. The molecule has 1 aromatic heterocycles. The van der Waals surface area contributed by atoms with Crippen LogP contribution >= 0.6 is 0 Å². The third-order valence-electron chi connectivity index (χ3n) is 4.41. The molecule has 0 spiro atoms. The highest BCUT2D eigenvalue weighted by Gasteiger charge is 2.27. The number of hydrogen-bond acceptors (Lipinski definition) is 6. The molecule has 8 heteroatoms. The molecule has 0 bridgehead atoms. The first kappa shape index (κ1) is 18.5. The zero-order chi connectivity index (χ0) is 18.9. The first-order valence-corrected chi connectivity index (χ1v) is 9.91. The van der Waals surface area contributed by atoms with Gasteiger partial charge in [-0.25, -0.2) is 13.1 Å². The molecule has 2 heterocycles. The fourth-order valence-corrected chi connectivity index (χ4v) is 3.78. The van der Waals surface area contributed by atoms with E-state index in [0.29, 0.717) is 12.2 Å². The molecule has 1 aromatic carbocycles. The number of nitrogens with one attached hydrogen (secondary N) is 2. The molecule has 0 fully saturated rings. The van der Waals surface area contributed by atoms with E-state index in [1.54, 1.807) is 44.4 Å². The maximum Gasteiger partial charge on any atom is 0.211 e. The van der Waals surface area contributed by atoms with Gasteiger partial charge >= 0.3 is 0 Å². The van der Waals surface area contributed by atoms with Crippen LogP contribution in [0.4, 0.5) is 0 Å². The van der Waals surface area contributed by atoms with Gasteiger partial charge < -0.3 is 15.3 Å². The van der Waals surface area contributed by atoms with E-state index in [9.17, 15) is 13.5 Å². The van der Waals surface area contributed by atoms with Crippen LogP contribution in [0.5, 0.6) is 5.75 Å². The van der Waals surface area contributed by atoms with Crippen LogP contribution in [-0.4, -0.2) is 36.6 Å². The zero-order valence-electron chi connectivity index (χ0n) is 14.6. The van der Waals surface area contributed by atoms with Crippen LogP contribution in [0.1, 0.15) is 36.6 Å². The summed E-state index contributed by atoms with van der Waals surface area (Å²) >= 11 is 0. The van der Waals surface area contributed by atoms with E-state index < -0.39 is 16.1 Å². The minimum absolute atomic E-state index is 0.00805. The third-order valence-corrected chi connectivity index (χ3v) is 5.81. The van der Waals surface area contributed by atoms with Crippen LogP contribution in [-0.2, 0) is 21.4 Å². The first-order valence-electron chi connectivity index (χ1n) is 8.26. The Bertz CT molecular complexity index is 957. The van der Waals surface area contributed by atoms with E-state index >= 15 is 0 Å². The maximum absolute atomic E-state index is 12.0. The number of pyridine rings is 1. The number of aromatic nitrogens is 1. The van der Waals surface area contributed by atoms with Gasteiger partial charge in [-0.1, -0.05) is 6.07 Å². The first-order chi connectivity index (χ1) is 12.3. The fourth-order valence-electron chi connectivity index (χ4n) is 2.98. The molecular weight excluding hydrogens is 354 g/mol. The number of aromatic hydroxyl groups is 1. The SMILES string of the molecule is CCS(=O)(=O)NC1COCc2c(-c3ccc(O)c(C(C)=N)c3)cncc21. The number of rotatable bonds is 5. The molecule has 1 atom stereocenters. The van der Waals surface area contributed by atoms with Crippen molar-refractivity contribution < 1.29 is 18.3 Å². The van der Waals surface area contributed by atoms with Crippen molar-refractivity contribution in [1.29, 1.82) is 5.41 Å². The molecule has 1 unspecified atom stereocenters. The van der Waals surface area contributed by atoms with Crippen LogP contribution in [0.3, 0.4) is 0 Å². The van der Waals surface area contributed by atoms with E-state index in [1.165, 1.54) is 0 Å². The molecule has 0 amide bonds. The van der Waals surface area contributed by atoms with Crippen LogP contribution in [0.15, 0.2) is 30.6 Å². The Kier molecular flexibility index (Phi) is 5.08. The van der Waals surface area contributed by atoms with Gasteiger partial charge in [0.1, 0.15) is 5.75 Å². The molecule has 7 nitrogen and oxygen atoms in total. The second-order valence-electron chi connectivity index (χ2n) is 6.20. The molecule has 2 aromatic rings. The zero-order valence-corrected chi connectivity index (χ0v) is 15.4. The van der Waals surface area contributed by atoms with Crippen molar-refractivity contribution in [2.24, 2.45) is 0 Å². The average molecular weight is 375 g/mol. The molecule has 1 aliphatic rings. The summed E-state index contributed by atoms with van der Waals surface area (Å²) in [4.78, 5) is 4.27. The smallest absolute Gasteiger partial charge is 0.211 e. The lowest BCUT2D eigenvalue weighted by Crippen LogP contribution is -2.35. The summed E-state index contributed by atoms with van der Waals surface area (Å²) in [6.07, 6.45) is 3.35. The van der Waals surface area contributed by atoms with Crippen molar-refractivity contribution in [1.82, 2.24) is 9.71 Å². The van der Waals surface area contributed by atoms with Crippen LogP contribution in [0.25, 0.3) is 11.1 Å². The van der Waals surface area contributed by atoms with Gasteiger partial charge in [0, 0.05) is 29.2 Å². The lowest BCUT2D eigenvalue weighted by Gasteiger charge is -2.27. The number of phenolic OH excluding ortho intramolecular Hbond substituents is 1. The molecule has 1 aliphatic heterocycles. The highest BCUT2D eigenvalue weighted by molar-refractivity contribution is 7.89. The number of phenols is 1.